The molecule has 0 saturated heterocycles. The van der Waals surface area contributed by atoms with Gasteiger partial charge in [0.2, 0.25) is 0 Å². The highest BCUT2D eigenvalue weighted by Gasteiger charge is 2.45. The van der Waals surface area contributed by atoms with E-state index in [1.54, 1.807) is 12.1 Å². The number of benzene rings is 2. The largest absolute Gasteiger partial charge is 0.436 e. The fourth-order valence-corrected chi connectivity index (χ4v) is 3.80. The van der Waals surface area contributed by atoms with E-state index in [0.29, 0.717) is 0 Å². The second-order valence-corrected chi connectivity index (χ2v) is 6.74. The number of nitrogens with zero attached hydrogens (tertiary/aromatic N) is 1. The van der Waals surface area contributed by atoms with Crippen LogP contribution in [0.4, 0.5) is 5.69 Å². The standard InChI is InChI=1S/C20H20N2O3/c23-22(24)18-9-10-19-16(13-18)12-17-8-4-5-11-20(17,25-19)21-14-15-6-2-1-3-7-15/h1-3,6-7,9-10,12-13,21H,4-5,8,11,14H2/p+1/t20-/m1/s1. The van der Waals surface area contributed by atoms with Gasteiger partial charge in [0.1, 0.15) is 12.3 Å². The number of hydrogen-bond donors (Lipinski definition) is 1. The molecule has 0 aromatic heterocycles. The first-order valence-corrected chi connectivity index (χ1v) is 8.73. The Hall–Kier alpha value is -2.66. The highest BCUT2D eigenvalue weighted by molar-refractivity contribution is 5.66. The van der Waals surface area contributed by atoms with E-state index in [1.165, 1.54) is 17.2 Å². The first-order chi connectivity index (χ1) is 12.2. The number of hydrogen-bond acceptors (Lipinski definition) is 3. The van der Waals surface area contributed by atoms with Gasteiger partial charge in [-0.05, 0) is 31.4 Å². The van der Waals surface area contributed by atoms with Crippen molar-refractivity contribution >= 4 is 11.8 Å². The molecule has 128 valence electrons. The van der Waals surface area contributed by atoms with Crippen molar-refractivity contribution in [2.75, 3.05) is 0 Å². The number of nitro groups is 1. The number of quaternary nitrogens is 1. The van der Waals surface area contributed by atoms with Crippen LogP contribution in [0.5, 0.6) is 5.75 Å². The zero-order valence-corrected chi connectivity index (χ0v) is 14.0. The van der Waals surface area contributed by atoms with Gasteiger partial charge >= 0.3 is 0 Å². The number of nitrogens with two attached hydrogens (primary N) is 1. The summed E-state index contributed by atoms with van der Waals surface area (Å²) >= 11 is 0. The predicted molar refractivity (Wildman–Crippen MR) is 95.0 cm³/mol. The van der Waals surface area contributed by atoms with Crippen LogP contribution >= 0.6 is 0 Å². The Bertz CT molecular complexity index is 832. The van der Waals surface area contributed by atoms with E-state index < -0.39 is 0 Å². The fraction of sp³-hybridized carbons (Fsp3) is 0.300. The molecule has 0 unspecified atom stereocenters. The van der Waals surface area contributed by atoms with Crippen LogP contribution in [0, 0.1) is 10.1 Å². The van der Waals surface area contributed by atoms with E-state index in [1.807, 2.05) is 6.07 Å². The number of nitro benzene ring substituents is 1. The van der Waals surface area contributed by atoms with Gasteiger partial charge < -0.3 is 10.1 Å². The minimum Gasteiger partial charge on any atom is -0.436 e. The molecule has 0 bridgehead atoms. The molecule has 1 aliphatic heterocycles. The maximum Gasteiger partial charge on any atom is 0.270 e. The third kappa shape index (κ3) is 3.03. The van der Waals surface area contributed by atoms with Gasteiger partial charge in [0.15, 0.2) is 0 Å². The van der Waals surface area contributed by atoms with E-state index in [-0.39, 0.29) is 16.3 Å². The van der Waals surface area contributed by atoms with E-state index in [9.17, 15) is 10.1 Å². The maximum absolute atomic E-state index is 11.0. The van der Waals surface area contributed by atoms with Gasteiger partial charge in [0.25, 0.3) is 11.4 Å². The van der Waals surface area contributed by atoms with Gasteiger partial charge in [-0.2, -0.15) is 0 Å². The molecule has 2 aliphatic rings. The molecule has 4 rings (SSSR count). The number of fused-ring (bicyclic) bond motifs is 2. The van der Waals surface area contributed by atoms with Crippen molar-refractivity contribution in [2.45, 2.75) is 38.0 Å². The van der Waals surface area contributed by atoms with Crippen molar-refractivity contribution in [3.63, 3.8) is 0 Å². The highest BCUT2D eigenvalue weighted by Crippen LogP contribution is 2.41. The van der Waals surface area contributed by atoms with Crippen molar-refractivity contribution in [2.24, 2.45) is 0 Å². The lowest BCUT2D eigenvalue weighted by atomic mass is 9.83. The second-order valence-electron chi connectivity index (χ2n) is 6.74. The topological polar surface area (TPSA) is 69.0 Å². The molecule has 1 heterocycles. The molecule has 1 fully saturated rings. The van der Waals surface area contributed by atoms with Crippen LogP contribution in [0.2, 0.25) is 0 Å². The number of rotatable bonds is 4. The van der Waals surface area contributed by atoms with Crippen LogP contribution in [0.15, 0.2) is 54.1 Å². The van der Waals surface area contributed by atoms with Gasteiger partial charge in [-0.1, -0.05) is 30.3 Å². The minimum absolute atomic E-state index is 0.107. The molecule has 0 spiro atoms. The van der Waals surface area contributed by atoms with Gasteiger partial charge in [-0.15, -0.1) is 0 Å². The summed E-state index contributed by atoms with van der Waals surface area (Å²) in [4.78, 5) is 10.7. The summed E-state index contributed by atoms with van der Waals surface area (Å²) in [6.45, 7) is 0.848. The van der Waals surface area contributed by atoms with Crippen molar-refractivity contribution in [3.05, 3.63) is 75.3 Å². The fourth-order valence-electron chi connectivity index (χ4n) is 3.80. The predicted octanol–water partition coefficient (Wildman–Crippen LogP) is 3.40. The summed E-state index contributed by atoms with van der Waals surface area (Å²) in [5, 5.41) is 13.3. The normalized spacial score (nSPS) is 21.5. The van der Waals surface area contributed by atoms with Crippen molar-refractivity contribution in [1.29, 1.82) is 0 Å². The zero-order chi connectivity index (χ0) is 17.3. The number of ether oxygens (including phenoxy) is 1. The summed E-state index contributed by atoms with van der Waals surface area (Å²) in [6.07, 6.45) is 6.31. The van der Waals surface area contributed by atoms with E-state index in [4.69, 9.17) is 4.74 Å². The van der Waals surface area contributed by atoms with E-state index in [2.05, 4.69) is 35.7 Å². The van der Waals surface area contributed by atoms with E-state index >= 15 is 0 Å². The average Bonchev–Trinajstić information content (AvgIpc) is 2.65. The van der Waals surface area contributed by atoms with E-state index in [0.717, 1.165) is 43.5 Å². The zero-order valence-electron chi connectivity index (χ0n) is 14.0. The van der Waals surface area contributed by atoms with Crippen molar-refractivity contribution in [1.82, 2.24) is 0 Å². The average molecular weight is 337 g/mol. The first-order valence-electron chi connectivity index (χ1n) is 8.73. The summed E-state index contributed by atoms with van der Waals surface area (Å²) in [6, 6.07) is 15.2. The lowest BCUT2D eigenvalue weighted by molar-refractivity contribution is -0.766. The van der Waals surface area contributed by atoms with Crippen molar-refractivity contribution < 1.29 is 15.0 Å². The Morgan fingerprint density at radius 3 is 2.80 bits per heavy atom. The molecule has 2 N–H and O–H groups in total. The Morgan fingerprint density at radius 2 is 2.00 bits per heavy atom. The van der Waals surface area contributed by atoms with Crippen LogP contribution < -0.4 is 10.1 Å². The lowest BCUT2D eigenvalue weighted by Gasteiger charge is -2.40. The molecule has 1 aliphatic carbocycles. The molecule has 25 heavy (non-hydrogen) atoms. The minimum atomic E-state index is -0.378. The van der Waals surface area contributed by atoms with Crippen molar-refractivity contribution in [3.8, 4) is 5.75 Å². The molecule has 0 radical (unpaired) electrons. The quantitative estimate of drug-likeness (QED) is 0.687. The smallest absolute Gasteiger partial charge is 0.270 e. The van der Waals surface area contributed by atoms with Crippen LogP contribution in [0.3, 0.4) is 0 Å². The molecular weight excluding hydrogens is 316 g/mol. The molecule has 5 heteroatoms. The summed E-state index contributed by atoms with van der Waals surface area (Å²) in [7, 11) is 0. The molecule has 2 aromatic rings. The molecule has 0 amide bonds. The van der Waals surface area contributed by atoms with Crippen LogP contribution in [-0.2, 0) is 6.54 Å². The van der Waals surface area contributed by atoms with Gasteiger partial charge in [0, 0.05) is 35.3 Å². The summed E-state index contributed by atoms with van der Waals surface area (Å²) in [5.41, 5.74) is 3.05. The first kappa shape index (κ1) is 15.8. The molecular formula is C20H21N2O3+. The van der Waals surface area contributed by atoms with Crippen LogP contribution in [-0.4, -0.2) is 10.6 Å². The Kier molecular flexibility index (Phi) is 4.01. The molecule has 5 nitrogen and oxygen atoms in total. The van der Waals surface area contributed by atoms with Crippen LogP contribution in [0.1, 0.15) is 36.8 Å². The van der Waals surface area contributed by atoms with Gasteiger partial charge in [-0.25, -0.2) is 0 Å². The van der Waals surface area contributed by atoms with Gasteiger partial charge in [0.05, 0.1) is 4.92 Å². The number of non-ortho nitro benzene ring substituents is 1. The third-order valence-corrected chi connectivity index (χ3v) is 5.12. The highest BCUT2D eigenvalue weighted by atomic mass is 16.6. The Morgan fingerprint density at radius 1 is 1.16 bits per heavy atom. The third-order valence-electron chi connectivity index (χ3n) is 5.12. The molecule has 1 saturated carbocycles. The monoisotopic (exact) mass is 337 g/mol. The van der Waals surface area contributed by atoms with Crippen LogP contribution in [0.25, 0.3) is 6.08 Å². The maximum atomic E-state index is 11.0. The Labute approximate surface area is 146 Å². The second kappa shape index (κ2) is 6.33. The summed E-state index contributed by atoms with van der Waals surface area (Å²) in [5.74, 6) is 0.737. The lowest BCUT2D eigenvalue weighted by Crippen LogP contribution is -2.98. The SMILES string of the molecule is O=[N+]([O-])c1ccc2c(c1)C=C1CCCC[C@@]1([NH2+]Cc1ccccc1)O2. The molecule has 1 atom stereocenters. The van der Waals surface area contributed by atoms with Gasteiger partial charge in [-0.3, -0.25) is 10.1 Å². The molecule has 2 aromatic carbocycles. The summed E-state index contributed by atoms with van der Waals surface area (Å²) < 4.78 is 6.43. The Balaban J connectivity index is 1.65.